The van der Waals surface area contributed by atoms with Gasteiger partial charge in [-0.2, -0.15) is 10.5 Å². The lowest BCUT2D eigenvalue weighted by atomic mass is 10.2. The molecule has 0 aliphatic carbocycles. The van der Waals surface area contributed by atoms with E-state index in [1.807, 2.05) is 11.5 Å². The number of thioether (sulfide) groups is 1. The Bertz CT molecular complexity index is 897. The molecule has 0 spiro atoms. The summed E-state index contributed by atoms with van der Waals surface area (Å²) in [4.78, 5) is 13.0. The summed E-state index contributed by atoms with van der Waals surface area (Å²) in [6.07, 6.45) is 1.30. The minimum absolute atomic E-state index is 0.122. The Morgan fingerprint density at radius 3 is 2.52 bits per heavy atom. The summed E-state index contributed by atoms with van der Waals surface area (Å²) in [6.45, 7) is 0. The predicted octanol–water partition coefficient (Wildman–Crippen LogP) is 3.95. The van der Waals surface area contributed by atoms with Gasteiger partial charge in [0.15, 0.2) is 0 Å². The molecule has 6 nitrogen and oxygen atoms in total. The Morgan fingerprint density at radius 1 is 1.20 bits per heavy atom. The second-order valence-electron chi connectivity index (χ2n) is 4.73. The highest BCUT2D eigenvalue weighted by atomic mass is 35.5. The van der Waals surface area contributed by atoms with Gasteiger partial charge in [-0.05, 0) is 54.2 Å². The largest absolute Gasteiger partial charge is 0.399 e. The van der Waals surface area contributed by atoms with Crippen LogP contribution in [-0.4, -0.2) is 5.91 Å². The molecule has 0 aliphatic heterocycles. The molecule has 0 heterocycles. The highest BCUT2D eigenvalue weighted by Gasteiger charge is 2.11. The van der Waals surface area contributed by atoms with Gasteiger partial charge in [-0.3, -0.25) is 4.79 Å². The number of carbonyl (C=O) groups is 1. The van der Waals surface area contributed by atoms with Crippen LogP contribution in [0.3, 0.4) is 0 Å². The average molecular weight is 370 g/mol. The minimum Gasteiger partial charge on any atom is -0.399 e. The maximum atomic E-state index is 12.2. The van der Waals surface area contributed by atoms with Crippen molar-refractivity contribution in [3.05, 3.63) is 59.3 Å². The number of benzene rings is 2. The van der Waals surface area contributed by atoms with Gasteiger partial charge in [0, 0.05) is 22.5 Å². The number of hydrogen-bond acceptors (Lipinski definition) is 6. The summed E-state index contributed by atoms with van der Waals surface area (Å²) in [5.74, 6) is -0.599. The molecule has 2 rings (SSSR count). The summed E-state index contributed by atoms with van der Waals surface area (Å²) in [7, 11) is 0. The molecule has 0 aromatic heterocycles. The van der Waals surface area contributed by atoms with Crippen LogP contribution in [0.2, 0.25) is 5.02 Å². The molecule has 0 bridgehead atoms. The van der Waals surface area contributed by atoms with Crippen molar-refractivity contribution in [2.45, 2.75) is 4.90 Å². The highest BCUT2D eigenvalue weighted by molar-refractivity contribution is 8.03. The number of halogens is 1. The fourth-order valence-electron chi connectivity index (χ4n) is 1.80. The molecule has 1 amide bonds. The number of carbonyl (C=O) groups excluding carboxylic acids is 1. The Balaban J connectivity index is 2.07. The van der Waals surface area contributed by atoms with Gasteiger partial charge in [0.05, 0.1) is 10.7 Å². The van der Waals surface area contributed by atoms with E-state index in [1.165, 1.54) is 12.3 Å². The number of nitrogen functional groups attached to an aromatic ring is 1. The average Bonchev–Trinajstić information content (AvgIpc) is 2.59. The van der Waals surface area contributed by atoms with Crippen LogP contribution in [0.15, 0.2) is 59.1 Å². The maximum Gasteiger partial charge on any atom is 0.267 e. The van der Waals surface area contributed by atoms with Crippen molar-refractivity contribution in [1.82, 2.24) is 0 Å². The van der Waals surface area contributed by atoms with E-state index < -0.39 is 5.91 Å². The van der Waals surface area contributed by atoms with E-state index in [0.29, 0.717) is 17.1 Å². The Hall–Kier alpha value is -3.13. The third-order valence-electron chi connectivity index (χ3n) is 3.01. The SMILES string of the molecule is N#CSc1ccc(N/C=C(/C#N)C(=O)Nc2ccc(N)cc2Cl)cc1. The van der Waals surface area contributed by atoms with E-state index in [0.717, 1.165) is 16.7 Å². The number of amides is 1. The van der Waals surface area contributed by atoms with Crippen LogP contribution in [0.25, 0.3) is 0 Å². The summed E-state index contributed by atoms with van der Waals surface area (Å²) >= 11 is 7.04. The normalized spacial score (nSPS) is 10.4. The number of nitrogens with two attached hydrogens (primary N) is 1. The van der Waals surface area contributed by atoms with Crippen molar-refractivity contribution < 1.29 is 4.79 Å². The quantitative estimate of drug-likeness (QED) is 0.241. The van der Waals surface area contributed by atoms with Crippen LogP contribution in [0, 0.1) is 22.0 Å². The molecule has 0 aliphatic rings. The van der Waals surface area contributed by atoms with Gasteiger partial charge in [0.25, 0.3) is 5.91 Å². The fraction of sp³-hybridized carbons (Fsp3) is 0. The first-order valence-electron chi connectivity index (χ1n) is 6.92. The summed E-state index contributed by atoms with van der Waals surface area (Å²) < 4.78 is 0. The molecule has 124 valence electrons. The van der Waals surface area contributed by atoms with Crippen molar-refractivity contribution in [1.29, 1.82) is 10.5 Å². The van der Waals surface area contributed by atoms with Gasteiger partial charge in [0.1, 0.15) is 17.0 Å². The number of nitriles is 2. The smallest absolute Gasteiger partial charge is 0.267 e. The summed E-state index contributed by atoms with van der Waals surface area (Å²) in [5, 5.41) is 25.5. The van der Waals surface area contributed by atoms with Crippen molar-refractivity contribution in [2.75, 3.05) is 16.4 Å². The molecule has 2 aromatic carbocycles. The van der Waals surface area contributed by atoms with E-state index in [1.54, 1.807) is 36.4 Å². The molecule has 0 unspecified atom stereocenters. The van der Waals surface area contributed by atoms with Gasteiger partial charge in [-0.1, -0.05) is 11.6 Å². The van der Waals surface area contributed by atoms with Gasteiger partial charge < -0.3 is 16.4 Å². The first-order chi connectivity index (χ1) is 12.0. The molecule has 25 heavy (non-hydrogen) atoms. The Morgan fingerprint density at radius 2 is 1.92 bits per heavy atom. The number of anilines is 3. The van der Waals surface area contributed by atoms with Crippen molar-refractivity contribution in [3.8, 4) is 11.5 Å². The summed E-state index contributed by atoms with van der Waals surface area (Å²) in [5.41, 5.74) is 6.98. The van der Waals surface area contributed by atoms with Crippen molar-refractivity contribution in [2.24, 2.45) is 0 Å². The molecule has 0 fully saturated rings. The molecule has 0 saturated heterocycles. The number of hydrogen-bond donors (Lipinski definition) is 3. The second kappa shape index (κ2) is 8.65. The van der Waals surface area contributed by atoms with E-state index in [2.05, 4.69) is 10.6 Å². The third-order valence-corrected chi connectivity index (χ3v) is 3.92. The monoisotopic (exact) mass is 369 g/mol. The highest BCUT2D eigenvalue weighted by Crippen LogP contribution is 2.24. The molecule has 0 atom stereocenters. The van der Waals surface area contributed by atoms with Crippen molar-refractivity contribution in [3.63, 3.8) is 0 Å². The van der Waals surface area contributed by atoms with E-state index in [-0.39, 0.29) is 10.6 Å². The molecule has 0 saturated carbocycles. The third kappa shape index (κ3) is 5.18. The first kappa shape index (κ1) is 18.2. The summed E-state index contributed by atoms with van der Waals surface area (Å²) in [6, 6.07) is 13.5. The van der Waals surface area contributed by atoms with Crippen LogP contribution in [0.1, 0.15) is 0 Å². The molecule has 2 aromatic rings. The van der Waals surface area contributed by atoms with E-state index in [9.17, 15) is 4.79 Å². The lowest BCUT2D eigenvalue weighted by Crippen LogP contribution is -2.15. The first-order valence-corrected chi connectivity index (χ1v) is 8.12. The van der Waals surface area contributed by atoms with Crippen LogP contribution in [-0.2, 0) is 4.79 Å². The van der Waals surface area contributed by atoms with Crippen LogP contribution in [0.4, 0.5) is 17.1 Å². The number of nitrogens with zero attached hydrogens (tertiary/aromatic N) is 2. The topological polar surface area (TPSA) is 115 Å². The lowest BCUT2D eigenvalue weighted by molar-refractivity contribution is -0.112. The fourth-order valence-corrected chi connectivity index (χ4v) is 2.41. The van der Waals surface area contributed by atoms with Gasteiger partial charge in [-0.25, -0.2) is 0 Å². The minimum atomic E-state index is -0.599. The van der Waals surface area contributed by atoms with Gasteiger partial charge >= 0.3 is 0 Å². The van der Waals surface area contributed by atoms with Crippen molar-refractivity contribution >= 4 is 46.3 Å². The molecule has 8 heteroatoms. The number of thiocyanates is 1. The molecular formula is C17H12ClN5OS. The van der Waals surface area contributed by atoms with Crippen LogP contribution >= 0.6 is 23.4 Å². The van der Waals surface area contributed by atoms with Crippen LogP contribution in [0.5, 0.6) is 0 Å². The van der Waals surface area contributed by atoms with E-state index in [4.69, 9.17) is 27.9 Å². The number of nitrogens with one attached hydrogen (secondary N) is 2. The lowest BCUT2D eigenvalue weighted by Gasteiger charge is -2.07. The molecule has 4 N–H and O–H groups in total. The molecule has 0 radical (unpaired) electrons. The van der Waals surface area contributed by atoms with E-state index >= 15 is 0 Å². The Kier molecular flexibility index (Phi) is 6.30. The van der Waals surface area contributed by atoms with Gasteiger partial charge in [-0.15, -0.1) is 0 Å². The standard InChI is InChI=1S/C17H12ClN5OS/c18-15-7-12(21)1-6-16(15)23-17(24)11(8-19)9-22-13-2-4-14(5-3-13)25-10-20/h1-7,9,22H,21H2,(H,23,24)/b11-9-. The maximum absolute atomic E-state index is 12.2. The zero-order valence-electron chi connectivity index (χ0n) is 12.8. The zero-order valence-corrected chi connectivity index (χ0v) is 14.4. The van der Waals surface area contributed by atoms with Gasteiger partial charge in [0.2, 0.25) is 0 Å². The number of rotatable bonds is 5. The van der Waals surface area contributed by atoms with Crippen LogP contribution < -0.4 is 16.4 Å². The zero-order chi connectivity index (χ0) is 18.2. The molecular weight excluding hydrogens is 358 g/mol. The predicted molar refractivity (Wildman–Crippen MR) is 99.7 cm³/mol. The Labute approximate surface area is 153 Å². The second-order valence-corrected chi connectivity index (χ2v) is 5.99.